The number of nitrogens with one attached hydrogen (secondary N) is 1. The number of benzene rings is 2. The van der Waals surface area contributed by atoms with Crippen LogP contribution in [0.15, 0.2) is 72.4 Å². The zero-order valence-corrected chi connectivity index (χ0v) is 14.9. The molecule has 0 aliphatic carbocycles. The molecule has 2 aromatic carbocycles. The van der Waals surface area contributed by atoms with E-state index in [-0.39, 0.29) is 0 Å². The monoisotopic (exact) mass is 358 g/mol. The van der Waals surface area contributed by atoms with E-state index in [0.717, 1.165) is 17.3 Å². The Labute approximate surface area is 152 Å². The average molecular weight is 358 g/mol. The Kier molecular flexibility index (Phi) is 4.94. The van der Waals surface area contributed by atoms with Crippen molar-refractivity contribution in [3.63, 3.8) is 0 Å². The molecule has 3 rings (SSSR count). The van der Waals surface area contributed by atoms with Crippen LogP contribution >= 0.6 is 0 Å². The minimum atomic E-state index is -4.43. The van der Waals surface area contributed by atoms with Crippen molar-refractivity contribution in [2.75, 3.05) is 6.54 Å². The van der Waals surface area contributed by atoms with Crippen molar-refractivity contribution in [2.45, 2.75) is 26.4 Å². The normalized spacial score (nSPS) is 16.9. The van der Waals surface area contributed by atoms with Crippen LogP contribution in [0, 0.1) is 0 Å². The van der Waals surface area contributed by atoms with Crippen molar-refractivity contribution >= 4 is 23.1 Å². The van der Waals surface area contributed by atoms with Crippen LogP contribution < -0.4 is 16.2 Å². The molecule has 0 unspecified atom stereocenters. The second-order valence-corrected chi connectivity index (χ2v) is 6.68. The van der Waals surface area contributed by atoms with E-state index in [4.69, 9.17) is 0 Å². The van der Waals surface area contributed by atoms with Gasteiger partial charge in [-0.3, -0.25) is 0 Å². The summed E-state index contributed by atoms with van der Waals surface area (Å²) in [6.45, 7) is 4.45. The molecule has 0 atom stereocenters. The molecule has 6 heteroatoms. The van der Waals surface area contributed by atoms with Gasteiger partial charge in [0.25, 0.3) is 0 Å². The van der Waals surface area contributed by atoms with E-state index in [9.17, 15) is 13.2 Å². The van der Waals surface area contributed by atoms with Crippen molar-refractivity contribution in [3.05, 3.63) is 72.4 Å². The highest BCUT2D eigenvalue weighted by molar-refractivity contribution is 6.95. The van der Waals surface area contributed by atoms with Gasteiger partial charge < -0.3 is 9.71 Å². The van der Waals surface area contributed by atoms with E-state index in [1.165, 1.54) is 6.08 Å². The molecule has 0 aromatic heterocycles. The molecule has 1 heterocycles. The van der Waals surface area contributed by atoms with E-state index in [1.54, 1.807) is 6.92 Å². The minimum absolute atomic E-state index is 0.616. The molecule has 1 aliphatic rings. The molecule has 0 fully saturated rings. The van der Waals surface area contributed by atoms with Crippen molar-refractivity contribution < 1.29 is 17.7 Å². The first-order chi connectivity index (χ1) is 12.4. The van der Waals surface area contributed by atoms with Gasteiger partial charge in [0.15, 0.2) is 0 Å². The van der Waals surface area contributed by atoms with Crippen LogP contribution in [0.3, 0.4) is 0 Å². The zero-order valence-electron chi connectivity index (χ0n) is 14.9. The van der Waals surface area contributed by atoms with Crippen LogP contribution in [0.2, 0.25) is 0 Å². The summed E-state index contributed by atoms with van der Waals surface area (Å²) in [6.07, 6.45) is -4.38. The largest absolute Gasteiger partial charge is 0.486 e. The van der Waals surface area contributed by atoms with Gasteiger partial charge in [-0.05, 0) is 6.42 Å². The SMILES string of the molecule is CCC[N+]1=C(C)C=C(C(F)(F)F)N[B-]1(c1ccccc1)c1ccccc1. The quantitative estimate of drug-likeness (QED) is 0.830. The van der Waals surface area contributed by atoms with Crippen LogP contribution in [0.1, 0.15) is 20.3 Å². The maximum absolute atomic E-state index is 13.6. The molecule has 2 nitrogen and oxygen atoms in total. The molecule has 0 bridgehead atoms. The van der Waals surface area contributed by atoms with Crippen LogP contribution in [0.25, 0.3) is 0 Å². The van der Waals surface area contributed by atoms with Crippen molar-refractivity contribution in [3.8, 4) is 0 Å². The van der Waals surface area contributed by atoms with Gasteiger partial charge in [-0.15, -0.1) is 10.9 Å². The third-order valence-corrected chi connectivity index (χ3v) is 4.97. The number of nitrogens with zero attached hydrogens (tertiary/aromatic N) is 1. The predicted octanol–water partition coefficient (Wildman–Crippen LogP) is 3.18. The standard InChI is InChI=1S/C20H22BF3N2/c1-3-14-26-16(2)15-19(20(22,23)24)25-21(26,17-10-6-4-7-11-17)18-12-8-5-9-13-18/h4-13,15,25H,3,14H2,1-2H3. The molecule has 0 amide bonds. The van der Waals surface area contributed by atoms with Gasteiger partial charge in [-0.2, -0.15) is 13.2 Å². The van der Waals surface area contributed by atoms with Gasteiger partial charge in [-0.1, -0.05) is 67.6 Å². The van der Waals surface area contributed by atoms with Crippen molar-refractivity contribution in [1.29, 1.82) is 0 Å². The van der Waals surface area contributed by atoms with Crippen LogP contribution in [-0.4, -0.2) is 29.3 Å². The first kappa shape index (κ1) is 18.3. The number of hydrogen-bond donors (Lipinski definition) is 1. The third kappa shape index (κ3) is 3.16. The lowest BCUT2D eigenvalue weighted by molar-refractivity contribution is -0.399. The maximum atomic E-state index is 13.6. The van der Waals surface area contributed by atoms with E-state index < -0.39 is 18.3 Å². The fraction of sp³-hybridized carbons (Fsp3) is 0.250. The Morgan fingerprint density at radius 3 is 1.85 bits per heavy atom. The molecule has 0 saturated heterocycles. The number of alkyl halides is 3. The third-order valence-electron chi connectivity index (χ3n) is 4.97. The van der Waals surface area contributed by atoms with Crippen LogP contribution in [0.4, 0.5) is 13.2 Å². The highest BCUT2D eigenvalue weighted by atomic mass is 19.4. The molecular formula is C20H22BF3N2. The fourth-order valence-corrected chi connectivity index (χ4v) is 3.90. The summed E-state index contributed by atoms with van der Waals surface area (Å²) >= 11 is 0. The van der Waals surface area contributed by atoms with Gasteiger partial charge in [-0.25, -0.2) is 0 Å². The Balaban J connectivity index is 2.33. The zero-order chi connectivity index (χ0) is 18.8. The molecule has 1 aliphatic heterocycles. The molecule has 1 N–H and O–H groups in total. The summed E-state index contributed by atoms with van der Waals surface area (Å²) < 4.78 is 43.0. The molecule has 0 saturated carbocycles. The molecule has 0 spiro atoms. The summed E-state index contributed by atoms with van der Waals surface area (Å²) in [5.74, 6) is 0. The molecular weight excluding hydrogens is 336 g/mol. The predicted molar refractivity (Wildman–Crippen MR) is 101 cm³/mol. The van der Waals surface area contributed by atoms with Crippen LogP contribution in [-0.2, 0) is 0 Å². The summed E-state index contributed by atoms with van der Waals surface area (Å²) in [5.41, 5.74) is 1.59. The second-order valence-electron chi connectivity index (χ2n) is 6.68. The summed E-state index contributed by atoms with van der Waals surface area (Å²) in [4.78, 5) is 0. The van der Waals surface area contributed by atoms with Crippen molar-refractivity contribution in [2.24, 2.45) is 0 Å². The highest BCUT2D eigenvalue weighted by Gasteiger charge is 2.49. The lowest BCUT2D eigenvalue weighted by Crippen LogP contribution is -2.78. The molecule has 136 valence electrons. The molecule has 2 aromatic rings. The van der Waals surface area contributed by atoms with E-state index in [1.807, 2.05) is 67.6 Å². The van der Waals surface area contributed by atoms with Gasteiger partial charge >= 0.3 is 12.6 Å². The Hall–Kier alpha value is -2.50. The highest BCUT2D eigenvalue weighted by Crippen LogP contribution is 2.27. The van der Waals surface area contributed by atoms with E-state index >= 15 is 0 Å². The minimum Gasteiger partial charge on any atom is -0.486 e. The number of allylic oxidation sites excluding steroid dienone is 2. The number of rotatable bonds is 4. The summed E-state index contributed by atoms with van der Waals surface area (Å²) in [6, 6.07) is 18.8. The average Bonchev–Trinajstić information content (AvgIpc) is 2.64. The summed E-state index contributed by atoms with van der Waals surface area (Å²) in [7, 11) is 0. The molecule has 0 radical (unpaired) electrons. The van der Waals surface area contributed by atoms with E-state index in [0.29, 0.717) is 12.3 Å². The summed E-state index contributed by atoms with van der Waals surface area (Å²) in [5, 5.41) is 2.91. The first-order valence-electron chi connectivity index (χ1n) is 8.84. The first-order valence-corrected chi connectivity index (χ1v) is 8.84. The van der Waals surface area contributed by atoms with Crippen molar-refractivity contribution in [1.82, 2.24) is 5.23 Å². The van der Waals surface area contributed by atoms with Crippen LogP contribution in [0.5, 0.6) is 0 Å². The number of hydrogen-bond acceptors (Lipinski definition) is 1. The number of halogens is 3. The maximum Gasteiger partial charge on any atom is 0.427 e. The van der Waals surface area contributed by atoms with Gasteiger partial charge in [0.2, 0.25) is 0 Å². The lowest BCUT2D eigenvalue weighted by Gasteiger charge is -2.44. The smallest absolute Gasteiger partial charge is 0.427 e. The molecule has 26 heavy (non-hydrogen) atoms. The second kappa shape index (κ2) is 7.02. The lowest BCUT2D eigenvalue weighted by atomic mass is 9.36. The topological polar surface area (TPSA) is 15.0 Å². The Morgan fingerprint density at radius 2 is 1.42 bits per heavy atom. The van der Waals surface area contributed by atoms with Gasteiger partial charge in [0.05, 0.1) is 12.2 Å². The van der Waals surface area contributed by atoms with Gasteiger partial charge in [0.1, 0.15) is 5.71 Å². The Bertz CT molecular complexity index is 788. The van der Waals surface area contributed by atoms with Gasteiger partial charge in [0, 0.05) is 13.0 Å². The Morgan fingerprint density at radius 1 is 0.923 bits per heavy atom. The fourth-order valence-electron chi connectivity index (χ4n) is 3.90. The van der Waals surface area contributed by atoms with E-state index in [2.05, 4.69) is 9.71 Å².